The lowest BCUT2D eigenvalue weighted by molar-refractivity contribution is -0.146. The van der Waals surface area contributed by atoms with Gasteiger partial charge in [0.25, 0.3) is 5.91 Å². The van der Waals surface area contributed by atoms with E-state index in [0.29, 0.717) is 28.5 Å². The molecule has 2 aromatic carbocycles. The fourth-order valence-corrected chi connectivity index (χ4v) is 8.31. The van der Waals surface area contributed by atoms with Crippen molar-refractivity contribution in [2.24, 2.45) is 34.2 Å². The highest BCUT2D eigenvalue weighted by molar-refractivity contribution is 6.00. The lowest BCUT2D eigenvalue weighted by Gasteiger charge is -2.28. The summed E-state index contributed by atoms with van der Waals surface area (Å²) < 4.78 is 5.82. The number of aliphatic carboxylic acids is 2. The number of aromatic amines is 1. The van der Waals surface area contributed by atoms with E-state index in [-0.39, 0.29) is 43.8 Å². The molecule has 7 amide bonds. The first kappa shape index (κ1) is 60.2. The normalized spacial score (nSPS) is 24.3. The summed E-state index contributed by atoms with van der Waals surface area (Å²) in [4.78, 5) is 129. The summed E-state index contributed by atoms with van der Waals surface area (Å²) >= 11 is 0. The Balaban J connectivity index is 1.76. The average molecular weight is 1050 g/mol. The van der Waals surface area contributed by atoms with Gasteiger partial charge in [0.1, 0.15) is 30.2 Å². The molecule has 23 heteroatoms. The van der Waals surface area contributed by atoms with E-state index in [0.717, 1.165) is 5.56 Å². The third-order valence-electron chi connectivity index (χ3n) is 12.9. The summed E-state index contributed by atoms with van der Waals surface area (Å²) in [5.74, 6) is -12.8. The van der Waals surface area contributed by atoms with Crippen LogP contribution in [0, 0.1) is 17.8 Å². The molecular formula is C53H71N11O12. The highest BCUT2D eigenvalue weighted by Crippen LogP contribution is 2.21. The molecule has 1 aliphatic rings. The Labute approximate surface area is 440 Å². The minimum atomic E-state index is -1.94. The number of allylic oxidation sites excluding steroid dienone is 2. The second kappa shape index (κ2) is 28.9. The molecule has 0 spiro atoms. The van der Waals surface area contributed by atoms with Crippen LogP contribution in [0.4, 0.5) is 0 Å². The molecule has 410 valence electrons. The summed E-state index contributed by atoms with van der Waals surface area (Å²) in [5.41, 5.74) is 13.6. The second-order valence-corrected chi connectivity index (χ2v) is 18.8. The maximum absolute atomic E-state index is 14.5. The van der Waals surface area contributed by atoms with Crippen molar-refractivity contribution < 1.29 is 58.1 Å². The number of hydrogen-bond donors (Lipinski definition) is 12. The number of rotatable bonds is 15. The predicted molar refractivity (Wildman–Crippen MR) is 282 cm³/mol. The number of aliphatic imine (C=N–C) groups is 1. The Bertz CT molecular complexity index is 2680. The van der Waals surface area contributed by atoms with Crippen molar-refractivity contribution in [3.63, 3.8) is 0 Å². The highest BCUT2D eigenvalue weighted by atomic mass is 16.5. The fourth-order valence-electron chi connectivity index (χ4n) is 8.31. The quantitative estimate of drug-likeness (QED) is 0.0332. The van der Waals surface area contributed by atoms with Crippen molar-refractivity contribution in [3.05, 3.63) is 108 Å². The Morgan fingerprint density at radius 2 is 1.46 bits per heavy atom. The molecule has 1 aromatic heterocycles. The minimum absolute atomic E-state index is 0.0109. The van der Waals surface area contributed by atoms with Gasteiger partial charge in [-0.3, -0.25) is 38.6 Å². The molecule has 23 nitrogen and oxygen atoms in total. The number of amides is 7. The number of aromatic nitrogens is 1. The van der Waals surface area contributed by atoms with Gasteiger partial charge in [-0.05, 0) is 56.7 Å². The maximum Gasteiger partial charge on any atom is 0.327 e. The van der Waals surface area contributed by atoms with Crippen LogP contribution >= 0.6 is 0 Å². The molecule has 0 saturated carbocycles. The molecule has 1 aliphatic heterocycles. The molecule has 1 fully saturated rings. The second-order valence-electron chi connectivity index (χ2n) is 18.8. The van der Waals surface area contributed by atoms with Gasteiger partial charge >= 0.3 is 11.9 Å². The Kier molecular flexibility index (Phi) is 22.9. The van der Waals surface area contributed by atoms with Gasteiger partial charge in [0.15, 0.2) is 5.96 Å². The zero-order chi connectivity index (χ0) is 56.2. The van der Waals surface area contributed by atoms with Gasteiger partial charge < -0.3 is 68.6 Å². The monoisotopic (exact) mass is 1050 g/mol. The lowest BCUT2D eigenvalue weighted by Crippen LogP contribution is -2.59. The molecule has 3 aromatic rings. The van der Waals surface area contributed by atoms with E-state index in [1.165, 1.54) is 26.8 Å². The zero-order valence-electron chi connectivity index (χ0n) is 43.5. The molecular weight excluding hydrogens is 983 g/mol. The largest absolute Gasteiger partial charge is 0.480 e. The number of carboxylic acid groups (broad SMARTS) is 2. The molecule has 76 heavy (non-hydrogen) atoms. The van der Waals surface area contributed by atoms with Gasteiger partial charge in [-0.25, -0.2) is 9.59 Å². The van der Waals surface area contributed by atoms with Crippen molar-refractivity contribution in [1.82, 2.24) is 42.2 Å². The van der Waals surface area contributed by atoms with E-state index in [1.54, 1.807) is 50.6 Å². The molecule has 0 unspecified atom stereocenters. The van der Waals surface area contributed by atoms with Gasteiger partial charge in [-0.2, -0.15) is 0 Å². The Morgan fingerprint density at radius 3 is 2.12 bits per heavy atom. The number of nitrogens with one attached hydrogen (secondary N) is 8. The summed E-state index contributed by atoms with van der Waals surface area (Å²) in [5, 5.41) is 38.7. The number of methoxy groups -OCH3 is 1. The van der Waals surface area contributed by atoms with Gasteiger partial charge in [0, 0.05) is 49.5 Å². The molecule has 14 N–H and O–H groups in total. The average Bonchev–Trinajstić information content (AvgIpc) is 3.79. The van der Waals surface area contributed by atoms with E-state index < -0.39 is 120 Å². The number of carboxylic acids is 2. The van der Waals surface area contributed by atoms with Crippen LogP contribution in [0.15, 0.2) is 102 Å². The number of hydrogen-bond acceptors (Lipinski definition) is 11. The Hall–Kier alpha value is -8.34. The van der Waals surface area contributed by atoms with Gasteiger partial charge in [0.05, 0.1) is 29.7 Å². The topological polar surface area (TPSA) is 368 Å². The van der Waals surface area contributed by atoms with E-state index in [1.807, 2.05) is 43.3 Å². The van der Waals surface area contributed by atoms with Crippen molar-refractivity contribution in [3.8, 4) is 0 Å². The number of benzene rings is 2. The van der Waals surface area contributed by atoms with Crippen LogP contribution in [0.25, 0.3) is 10.9 Å². The third-order valence-corrected chi connectivity index (χ3v) is 12.9. The van der Waals surface area contributed by atoms with E-state index in [4.69, 9.17) is 16.2 Å². The summed E-state index contributed by atoms with van der Waals surface area (Å²) in [6.07, 6.45) is 5.91. The molecule has 0 aliphatic carbocycles. The zero-order valence-corrected chi connectivity index (χ0v) is 43.5. The van der Waals surface area contributed by atoms with Crippen molar-refractivity contribution in [1.29, 1.82) is 0 Å². The van der Waals surface area contributed by atoms with Crippen LogP contribution < -0.4 is 48.7 Å². The predicted octanol–water partition coefficient (Wildman–Crippen LogP) is 0.954. The van der Waals surface area contributed by atoms with E-state index >= 15 is 0 Å². The van der Waals surface area contributed by atoms with E-state index in [9.17, 15) is 53.4 Å². The fraction of sp³-hybridized carbons (Fsp3) is 0.434. The number of fused-ring (bicyclic) bond motifs is 1. The van der Waals surface area contributed by atoms with Gasteiger partial charge in [-0.1, -0.05) is 99.7 Å². The molecule has 0 bridgehead atoms. The van der Waals surface area contributed by atoms with Gasteiger partial charge in [0.2, 0.25) is 35.4 Å². The van der Waals surface area contributed by atoms with Crippen molar-refractivity contribution in [2.75, 3.05) is 13.7 Å². The van der Waals surface area contributed by atoms with Crippen LogP contribution in [0.3, 0.4) is 0 Å². The Morgan fingerprint density at radius 1 is 0.816 bits per heavy atom. The summed E-state index contributed by atoms with van der Waals surface area (Å²) in [6.45, 7) is 11.3. The molecule has 10 atom stereocenters. The summed E-state index contributed by atoms with van der Waals surface area (Å²) in [7, 11) is 1.61. The number of para-hydroxylation sites is 1. The first-order chi connectivity index (χ1) is 36.0. The number of nitrogens with zero attached hydrogens (tertiary/aromatic N) is 1. The standard InChI is InChI=1S/C53H71N11O12/c1-28(24-29(2)42(76-7)25-34-14-9-8-10-15-34)19-20-37-30(3)45(66)62-40(51(72)73)21-22-43(65)58-32(5)47(68)59-33(6)48(69)63-41(26-35-27-57-38-17-12-11-16-36(35)38)50(71)64-44(52(74)75)31(4)46(67)61-39(49(70)60-37)18-13-23-56-53(54)55/h8-12,14-17,19-20,24,27,29-31,33,37,39-42,44,57H,5,13,18,21-23,25-26H2,1-4,6-7H3,(H,58,65)(H,59,68)(H,60,70)(H,61,67)(H,62,66)(H,63,69)(H,64,71)(H,72,73)(H,74,75)(H4,54,55,56)/b20-19+,28-24+/t29-,30-,31-,33+,37-,39-,40+,41-,42-,44+/m0/s1. The molecule has 4 rings (SSSR count). The molecule has 1 saturated heterocycles. The summed E-state index contributed by atoms with van der Waals surface area (Å²) in [6, 6.07) is 7.74. The van der Waals surface area contributed by atoms with Crippen LogP contribution in [0.2, 0.25) is 0 Å². The van der Waals surface area contributed by atoms with Crippen LogP contribution in [0.1, 0.15) is 71.4 Å². The van der Waals surface area contributed by atoms with Crippen molar-refractivity contribution >= 4 is 70.2 Å². The molecule has 0 radical (unpaired) electrons. The van der Waals surface area contributed by atoms with Crippen molar-refractivity contribution in [2.45, 2.75) is 115 Å². The first-order valence-corrected chi connectivity index (χ1v) is 24.8. The first-order valence-electron chi connectivity index (χ1n) is 24.8. The number of ether oxygens (including phenoxy) is 1. The number of carbonyl (C=O) groups excluding carboxylic acids is 7. The third kappa shape index (κ3) is 18.2. The van der Waals surface area contributed by atoms with Crippen LogP contribution in [-0.4, -0.2) is 130 Å². The molecule has 2 heterocycles. The number of nitrogens with two attached hydrogens (primary N) is 2. The lowest BCUT2D eigenvalue weighted by atomic mass is 9.94. The highest BCUT2D eigenvalue weighted by Gasteiger charge is 2.37. The number of carbonyl (C=O) groups is 9. The smallest absolute Gasteiger partial charge is 0.327 e. The minimum Gasteiger partial charge on any atom is -0.480 e. The number of H-pyrrole nitrogens is 1. The van der Waals surface area contributed by atoms with Crippen LogP contribution in [0.5, 0.6) is 0 Å². The van der Waals surface area contributed by atoms with Crippen LogP contribution in [-0.2, 0) is 60.7 Å². The SMILES string of the molecule is C=C1NC(=O)CC[C@H](C(=O)O)NC(=O)[C@@H](C)[C@H](/C=C/C(C)=C/[C@H](C)[C@H](Cc2ccccc2)OC)NC(=O)[C@H](CCCN=C(N)N)NC(=O)[C@@H](C)[C@H](C(=O)O)NC(=O)[C@H](Cc2c[nH]c3ccccc23)NC(=O)[C@@H](C)NC1=O. The number of guanidine groups is 1. The van der Waals surface area contributed by atoms with E-state index in [2.05, 4.69) is 53.8 Å². The maximum atomic E-state index is 14.5. The van der Waals surface area contributed by atoms with Gasteiger partial charge in [-0.15, -0.1) is 0 Å².